The van der Waals surface area contributed by atoms with Crippen LogP contribution in [0.5, 0.6) is 17.2 Å². The van der Waals surface area contributed by atoms with Crippen LogP contribution in [0, 0.1) is 0 Å². The monoisotopic (exact) mass is 284 g/mol. The minimum Gasteiger partial charge on any atom is -0.508 e. The predicted molar refractivity (Wildman–Crippen MR) is 81.0 cm³/mol. The van der Waals surface area contributed by atoms with Gasteiger partial charge in [0.15, 0.2) is 17.3 Å². The smallest absolute Gasteiger partial charge is 0.185 e. The number of aromatic hydroxyl groups is 1. The van der Waals surface area contributed by atoms with E-state index in [2.05, 4.69) is 0 Å². The number of benzene rings is 2. The van der Waals surface area contributed by atoms with E-state index in [4.69, 9.17) is 9.47 Å². The Kier molecular flexibility index (Phi) is 4.61. The van der Waals surface area contributed by atoms with E-state index in [9.17, 15) is 9.90 Å². The molecule has 4 nitrogen and oxygen atoms in total. The zero-order chi connectivity index (χ0) is 15.2. The lowest BCUT2D eigenvalue weighted by atomic mass is 10.1. The van der Waals surface area contributed by atoms with Crippen molar-refractivity contribution in [1.29, 1.82) is 0 Å². The summed E-state index contributed by atoms with van der Waals surface area (Å²) >= 11 is 0. The Morgan fingerprint density at radius 3 is 2.48 bits per heavy atom. The molecule has 0 aliphatic heterocycles. The normalized spacial score (nSPS) is 10.6. The standard InChI is InChI=1S/C17H16O4/c1-20-16-9-7-13(11-17(16)21-2)15(19)8-6-12-4-3-5-14(18)10-12/h3-11,18H,1-2H3. The highest BCUT2D eigenvalue weighted by Gasteiger charge is 2.08. The summed E-state index contributed by atoms with van der Waals surface area (Å²) in [5, 5.41) is 9.37. The topological polar surface area (TPSA) is 55.8 Å². The molecule has 1 N–H and O–H groups in total. The molecule has 21 heavy (non-hydrogen) atoms. The van der Waals surface area contributed by atoms with Crippen LogP contribution < -0.4 is 9.47 Å². The van der Waals surface area contributed by atoms with Gasteiger partial charge in [0, 0.05) is 5.56 Å². The summed E-state index contributed by atoms with van der Waals surface area (Å²) in [4.78, 5) is 12.1. The first kappa shape index (κ1) is 14.7. The van der Waals surface area contributed by atoms with Gasteiger partial charge in [-0.1, -0.05) is 18.2 Å². The fourth-order valence-corrected chi connectivity index (χ4v) is 1.89. The number of phenols is 1. The summed E-state index contributed by atoms with van der Waals surface area (Å²) in [6.07, 6.45) is 3.11. The number of phenolic OH excluding ortho intramolecular Hbond substituents is 1. The van der Waals surface area contributed by atoms with Crippen molar-refractivity contribution in [2.75, 3.05) is 14.2 Å². The van der Waals surface area contributed by atoms with Crippen LogP contribution in [0.4, 0.5) is 0 Å². The van der Waals surface area contributed by atoms with Crippen molar-refractivity contribution in [2.45, 2.75) is 0 Å². The van der Waals surface area contributed by atoms with Crippen molar-refractivity contribution < 1.29 is 19.4 Å². The van der Waals surface area contributed by atoms with Gasteiger partial charge in [-0.3, -0.25) is 4.79 Å². The summed E-state index contributed by atoms with van der Waals surface area (Å²) < 4.78 is 10.3. The molecule has 2 rings (SSSR count). The fraction of sp³-hybridized carbons (Fsp3) is 0.118. The van der Waals surface area contributed by atoms with Crippen molar-refractivity contribution in [2.24, 2.45) is 0 Å². The van der Waals surface area contributed by atoms with E-state index in [0.29, 0.717) is 17.1 Å². The van der Waals surface area contributed by atoms with Crippen LogP contribution in [0.1, 0.15) is 15.9 Å². The Bertz CT molecular complexity index is 674. The van der Waals surface area contributed by atoms with E-state index in [1.165, 1.54) is 13.2 Å². The summed E-state index contributed by atoms with van der Waals surface area (Å²) in [6.45, 7) is 0. The van der Waals surface area contributed by atoms with Gasteiger partial charge >= 0.3 is 0 Å². The van der Waals surface area contributed by atoms with Crippen LogP contribution in [0.2, 0.25) is 0 Å². The summed E-state index contributed by atoms with van der Waals surface area (Å²) in [6, 6.07) is 11.7. The van der Waals surface area contributed by atoms with E-state index in [1.54, 1.807) is 55.7 Å². The van der Waals surface area contributed by atoms with Gasteiger partial charge in [0.05, 0.1) is 14.2 Å². The van der Waals surface area contributed by atoms with Crippen LogP contribution in [0.25, 0.3) is 6.08 Å². The SMILES string of the molecule is COc1ccc(C(=O)C=Cc2cccc(O)c2)cc1OC. The summed E-state index contributed by atoms with van der Waals surface area (Å²) in [7, 11) is 3.07. The number of carbonyl (C=O) groups is 1. The van der Waals surface area contributed by atoms with Crippen molar-refractivity contribution in [3.63, 3.8) is 0 Å². The zero-order valence-electron chi connectivity index (χ0n) is 11.9. The van der Waals surface area contributed by atoms with Crippen LogP contribution in [-0.2, 0) is 0 Å². The molecule has 0 aliphatic carbocycles. The fourth-order valence-electron chi connectivity index (χ4n) is 1.89. The maximum Gasteiger partial charge on any atom is 0.185 e. The first-order valence-electron chi connectivity index (χ1n) is 6.37. The second-order valence-electron chi connectivity index (χ2n) is 4.36. The van der Waals surface area contributed by atoms with Gasteiger partial charge in [0.1, 0.15) is 5.75 Å². The van der Waals surface area contributed by atoms with Gasteiger partial charge in [-0.25, -0.2) is 0 Å². The van der Waals surface area contributed by atoms with Crippen molar-refractivity contribution in [1.82, 2.24) is 0 Å². The predicted octanol–water partition coefficient (Wildman–Crippen LogP) is 3.31. The molecule has 2 aromatic rings. The van der Waals surface area contributed by atoms with Gasteiger partial charge in [-0.2, -0.15) is 0 Å². The number of methoxy groups -OCH3 is 2. The maximum atomic E-state index is 12.1. The molecule has 0 aliphatic rings. The Hall–Kier alpha value is -2.75. The third-order valence-corrected chi connectivity index (χ3v) is 2.97. The molecule has 108 valence electrons. The van der Waals surface area contributed by atoms with Crippen LogP contribution in [-0.4, -0.2) is 25.1 Å². The van der Waals surface area contributed by atoms with Crippen LogP contribution >= 0.6 is 0 Å². The minimum absolute atomic E-state index is 0.153. The van der Waals surface area contributed by atoms with Crippen molar-refractivity contribution in [3.05, 3.63) is 59.7 Å². The Balaban J connectivity index is 2.20. The molecule has 0 unspecified atom stereocenters. The van der Waals surface area contributed by atoms with Crippen LogP contribution in [0.15, 0.2) is 48.5 Å². The molecule has 0 aromatic heterocycles. The highest BCUT2D eigenvalue weighted by Crippen LogP contribution is 2.27. The Labute approximate surface area is 123 Å². The molecule has 0 heterocycles. The number of rotatable bonds is 5. The summed E-state index contributed by atoms with van der Waals surface area (Å²) in [5.74, 6) is 1.09. The minimum atomic E-state index is -0.153. The number of allylic oxidation sites excluding steroid dienone is 1. The maximum absolute atomic E-state index is 12.1. The average molecular weight is 284 g/mol. The van der Waals surface area contributed by atoms with Gasteiger partial charge in [-0.15, -0.1) is 0 Å². The van der Waals surface area contributed by atoms with E-state index >= 15 is 0 Å². The second kappa shape index (κ2) is 6.61. The molecule has 0 spiro atoms. The quantitative estimate of drug-likeness (QED) is 0.676. The van der Waals surface area contributed by atoms with Gasteiger partial charge in [-0.05, 0) is 42.0 Å². The molecule has 0 atom stereocenters. The van der Waals surface area contributed by atoms with E-state index in [1.807, 2.05) is 0 Å². The lowest BCUT2D eigenvalue weighted by Crippen LogP contribution is -1.97. The molecule has 4 heteroatoms. The number of carbonyl (C=O) groups excluding carboxylic acids is 1. The van der Waals surface area contributed by atoms with E-state index < -0.39 is 0 Å². The molecule has 0 saturated carbocycles. The molecular formula is C17H16O4. The molecular weight excluding hydrogens is 268 g/mol. The van der Waals surface area contributed by atoms with Gasteiger partial charge in [0.2, 0.25) is 0 Å². The van der Waals surface area contributed by atoms with Crippen molar-refractivity contribution >= 4 is 11.9 Å². The molecule has 0 bridgehead atoms. The number of ketones is 1. The molecule has 0 saturated heterocycles. The highest BCUT2D eigenvalue weighted by atomic mass is 16.5. The van der Waals surface area contributed by atoms with E-state index in [0.717, 1.165) is 5.56 Å². The molecule has 0 fully saturated rings. The first-order chi connectivity index (χ1) is 10.1. The number of hydrogen-bond donors (Lipinski definition) is 1. The molecule has 0 amide bonds. The highest BCUT2D eigenvalue weighted by molar-refractivity contribution is 6.07. The van der Waals surface area contributed by atoms with Crippen molar-refractivity contribution in [3.8, 4) is 17.2 Å². The number of ether oxygens (including phenoxy) is 2. The average Bonchev–Trinajstić information content (AvgIpc) is 2.52. The van der Waals surface area contributed by atoms with E-state index in [-0.39, 0.29) is 11.5 Å². The Morgan fingerprint density at radius 1 is 1.05 bits per heavy atom. The number of hydrogen-bond acceptors (Lipinski definition) is 4. The van der Waals surface area contributed by atoms with Gasteiger partial charge < -0.3 is 14.6 Å². The molecule has 2 aromatic carbocycles. The summed E-state index contributed by atoms with van der Waals surface area (Å²) in [5.41, 5.74) is 1.26. The third-order valence-electron chi connectivity index (χ3n) is 2.97. The zero-order valence-corrected chi connectivity index (χ0v) is 11.9. The third kappa shape index (κ3) is 3.63. The first-order valence-corrected chi connectivity index (χ1v) is 6.37. The lowest BCUT2D eigenvalue weighted by molar-refractivity contribution is 0.104. The van der Waals surface area contributed by atoms with Gasteiger partial charge in [0.25, 0.3) is 0 Å². The second-order valence-corrected chi connectivity index (χ2v) is 4.36. The Morgan fingerprint density at radius 2 is 1.81 bits per heavy atom. The van der Waals surface area contributed by atoms with Crippen LogP contribution in [0.3, 0.4) is 0 Å². The lowest BCUT2D eigenvalue weighted by Gasteiger charge is -2.07. The molecule has 0 radical (unpaired) electrons. The largest absolute Gasteiger partial charge is 0.508 e.